The quantitative estimate of drug-likeness (QED) is 0.687. The molecule has 0 radical (unpaired) electrons. The van der Waals surface area contributed by atoms with Gasteiger partial charge < -0.3 is 0 Å². The summed E-state index contributed by atoms with van der Waals surface area (Å²) in [5.41, 5.74) is 3.22. The van der Waals surface area contributed by atoms with E-state index in [0.717, 1.165) is 22.1 Å². The second-order valence-corrected chi connectivity index (χ2v) is 5.43. The van der Waals surface area contributed by atoms with Gasteiger partial charge >= 0.3 is 0 Å². The lowest BCUT2D eigenvalue weighted by Gasteiger charge is -2.05. The average Bonchev–Trinajstić information content (AvgIpc) is 2.91. The number of hydrogen-bond acceptors (Lipinski definition) is 5. The Labute approximate surface area is 112 Å². The monoisotopic (exact) mass is 279 g/mol. The first-order valence-electron chi connectivity index (χ1n) is 5.38. The van der Waals surface area contributed by atoms with Crippen LogP contribution in [0.5, 0.6) is 0 Å². The van der Waals surface area contributed by atoms with Crippen molar-refractivity contribution in [3.63, 3.8) is 0 Å². The van der Waals surface area contributed by atoms with E-state index in [-0.39, 0.29) is 0 Å². The normalized spacial score (nSPS) is 11.3. The molecule has 0 N–H and O–H groups in total. The lowest BCUT2D eigenvalue weighted by Crippen LogP contribution is -2.01. The summed E-state index contributed by atoms with van der Waals surface area (Å²) in [6, 6.07) is 0. The van der Waals surface area contributed by atoms with Crippen LogP contribution < -0.4 is 0 Å². The minimum atomic E-state index is 0.365. The summed E-state index contributed by atoms with van der Waals surface area (Å²) in [5, 5.41) is 11.6. The number of aryl methyl sites for hydroxylation is 3. The van der Waals surface area contributed by atoms with E-state index in [2.05, 4.69) is 20.2 Å². The maximum atomic E-state index is 6.09. The van der Waals surface area contributed by atoms with Crippen molar-refractivity contribution < 1.29 is 0 Å². The predicted octanol–water partition coefficient (Wildman–Crippen LogP) is 2.83. The lowest BCUT2D eigenvalue weighted by molar-refractivity contribution is 0.995. The van der Waals surface area contributed by atoms with Gasteiger partial charge in [-0.2, -0.15) is 0 Å². The van der Waals surface area contributed by atoms with Gasteiger partial charge in [-0.25, -0.2) is 9.97 Å². The van der Waals surface area contributed by atoms with E-state index >= 15 is 0 Å². The molecular formula is C11H10ClN5S. The van der Waals surface area contributed by atoms with Gasteiger partial charge in [0.05, 0.1) is 10.7 Å². The van der Waals surface area contributed by atoms with Gasteiger partial charge in [0, 0.05) is 11.1 Å². The first-order valence-corrected chi connectivity index (χ1v) is 6.64. The highest BCUT2D eigenvalue weighted by Crippen LogP contribution is 2.25. The van der Waals surface area contributed by atoms with Gasteiger partial charge in [0.1, 0.15) is 5.69 Å². The highest BCUT2D eigenvalue weighted by molar-refractivity contribution is 7.09. The molecule has 0 saturated heterocycles. The van der Waals surface area contributed by atoms with Gasteiger partial charge in [-0.3, -0.25) is 4.40 Å². The van der Waals surface area contributed by atoms with E-state index in [4.69, 9.17) is 11.6 Å². The molecule has 3 aromatic rings. The molecule has 0 atom stereocenters. The second kappa shape index (κ2) is 4.00. The first-order chi connectivity index (χ1) is 8.58. The number of fused-ring (bicyclic) bond motifs is 1. The fraction of sp³-hybridized carbons (Fsp3) is 0.273. The number of rotatable bonds is 1. The SMILES string of the molecule is Cc1nc(-c2nnc3c(Cl)nc(C)c(C)n23)cs1. The second-order valence-electron chi connectivity index (χ2n) is 4.01. The molecule has 5 nitrogen and oxygen atoms in total. The van der Waals surface area contributed by atoms with Crippen molar-refractivity contribution in [2.24, 2.45) is 0 Å². The number of thiazole rings is 1. The molecule has 18 heavy (non-hydrogen) atoms. The smallest absolute Gasteiger partial charge is 0.199 e. The Morgan fingerprint density at radius 2 is 1.94 bits per heavy atom. The van der Waals surface area contributed by atoms with Crippen molar-refractivity contribution in [3.8, 4) is 11.5 Å². The third-order valence-corrected chi connectivity index (χ3v) is 3.85. The molecule has 0 aromatic carbocycles. The van der Waals surface area contributed by atoms with E-state index in [1.165, 1.54) is 0 Å². The van der Waals surface area contributed by atoms with E-state index in [9.17, 15) is 0 Å². The van der Waals surface area contributed by atoms with Crippen LogP contribution in [0.1, 0.15) is 16.4 Å². The minimum absolute atomic E-state index is 0.365. The lowest BCUT2D eigenvalue weighted by atomic mass is 10.3. The molecule has 0 saturated carbocycles. The largest absolute Gasteiger partial charge is 0.274 e. The Balaban J connectivity index is 2.38. The summed E-state index contributed by atoms with van der Waals surface area (Å²) in [6.45, 7) is 5.85. The average molecular weight is 280 g/mol. The van der Waals surface area contributed by atoms with Gasteiger partial charge in [-0.15, -0.1) is 21.5 Å². The zero-order valence-electron chi connectivity index (χ0n) is 10.1. The number of halogens is 1. The summed E-state index contributed by atoms with van der Waals surface area (Å²) in [5.74, 6) is 0.708. The van der Waals surface area contributed by atoms with E-state index in [1.54, 1.807) is 11.3 Å². The van der Waals surface area contributed by atoms with Crippen molar-refractivity contribution in [2.45, 2.75) is 20.8 Å². The highest BCUT2D eigenvalue weighted by Gasteiger charge is 2.16. The maximum absolute atomic E-state index is 6.09. The third-order valence-electron chi connectivity index (χ3n) is 2.82. The van der Waals surface area contributed by atoms with Gasteiger partial charge in [0.25, 0.3) is 0 Å². The van der Waals surface area contributed by atoms with Crippen LogP contribution in [0, 0.1) is 20.8 Å². The summed E-state index contributed by atoms with van der Waals surface area (Å²) in [7, 11) is 0. The number of aromatic nitrogens is 5. The molecule has 3 rings (SSSR count). The zero-order valence-corrected chi connectivity index (χ0v) is 11.7. The molecule has 3 aromatic heterocycles. The summed E-state index contributed by atoms with van der Waals surface area (Å²) in [6.07, 6.45) is 0. The first kappa shape index (κ1) is 11.6. The van der Waals surface area contributed by atoms with Crippen LogP contribution >= 0.6 is 22.9 Å². The van der Waals surface area contributed by atoms with Gasteiger partial charge in [0.2, 0.25) is 0 Å². The molecule has 0 amide bonds. The fourth-order valence-electron chi connectivity index (χ4n) is 1.81. The maximum Gasteiger partial charge on any atom is 0.199 e. The molecule has 0 aliphatic heterocycles. The standard InChI is InChI=1S/C11H10ClN5S/c1-5-6(2)17-10(8-4-18-7(3)14-8)15-16-11(17)9(12)13-5/h4H,1-3H3. The van der Waals surface area contributed by atoms with Crippen LogP contribution in [-0.4, -0.2) is 24.6 Å². The van der Waals surface area contributed by atoms with Crippen molar-refractivity contribution in [2.75, 3.05) is 0 Å². The van der Waals surface area contributed by atoms with Gasteiger partial charge in [-0.05, 0) is 20.8 Å². The van der Waals surface area contributed by atoms with Crippen molar-refractivity contribution in [1.82, 2.24) is 24.6 Å². The summed E-state index contributed by atoms with van der Waals surface area (Å²) < 4.78 is 1.90. The van der Waals surface area contributed by atoms with Gasteiger partial charge in [0.15, 0.2) is 16.6 Å². The van der Waals surface area contributed by atoms with Crippen molar-refractivity contribution in [1.29, 1.82) is 0 Å². The topological polar surface area (TPSA) is 56.0 Å². The molecule has 0 aliphatic rings. The van der Waals surface area contributed by atoms with Crippen LogP contribution in [0.15, 0.2) is 5.38 Å². The molecule has 0 spiro atoms. The number of hydrogen-bond donors (Lipinski definition) is 0. The third kappa shape index (κ3) is 1.60. The summed E-state index contributed by atoms with van der Waals surface area (Å²) >= 11 is 7.67. The number of nitrogens with zero attached hydrogens (tertiary/aromatic N) is 5. The van der Waals surface area contributed by atoms with Crippen molar-refractivity contribution >= 4 is 28.6 Å². The Hall–Kier alpha value is -1.53. The van der Waals surface area contributed by atoms with Crippen LogP contribution in [0.3, 0.4) is 0 Å². The molecule has 92 valence electrons. The Bertz CT molecular complexity index is 745. The highest BCUT2D eigenvalue weighted by atomic mass is 35.5. The molecule has 0 bridgehead atoms. The minimum Gasteiger partial charge on any atom is -0.274 e. The zero-order chi connectivity index (χ0) is 12.9. The summed E-state index contributed by atoms with van der Waals surface area (Å²) in [4.78, 5) is 8.67. The molecule has 0 aliphatic carbocycles. The Morgan fingerprint density at radius 3 is 2.61 bits per heavy atom. The predicted molar refractivity (Wildman–Crippen MR) is 71.1 cm³/mol. The van der Waals surface area contributed by atoms with Crippen LogP contribution in [0.25, 0.3) is 17.2 Å². The van der Waals surface area contributed by atoms with Gasteiger partial charge in [-0.1, -0.05) is 11.6 Å². The van der Waals surface area contributed by atoms with Crippen LogP contribution in [-0.2, 0) is 0 Å². The van der Waals surface area contributed by atoms with E-state index < -0.39 is 0 Å². The fourth-order valence-corrected chi connectivity index (χ4v) is 2.65. The Morgan fingerprint density at radius 1 is 1.17 bits per heavy atom. The molecular weight excluding hydrogens is 270 g/mol. The van der Waals surface area contributed by atoms with E-state index in [1.807, 2.05) is 30.6 Å². The van der Waals surface area contributed by atoms with Crippen LogP contribution in [0.2, 0.25) is 5.15 Å². The molecule has 7 heteroatoms. The van der Waals surface area contributed by atoms with E-state index in [0.29, 0.717) is 16.6 Å². The van der Waals surface area contributed by atoms with Crippen LogP contribution in [0.4, 0.5) is 0 Å². The molecule has 0 fully saturated rings. The molecule has 3 heterocycles. The van der Waals surface area contributed by atoms with Crippen molar-refractivity contribution in [3.05, 3.63) is 26.9 Å². The Kier molecular flexibility index (Phi) is 2.57. The molecule has 0 unspecified atom stereocenters.